The van der Waals surface area contributed by atoms with Gasteiger partial charge in [0.05, 0.1) is 6.54 Å². The van der Waals surface area contributed by atoms with E-state index in [1.807, 2.05) is 30.3 Å². The molecule has 0 unspecified atom stereocenters. The first kappa shape index (κ1) is 18.4. The van der Waals surface area contributed by atoms with Gasteiger partial charge in [-0.1, -0.05) is 41.9 Å². The Morgan fingerprint density at radius 1 is 1.15 bits per heavy atom. The summed E-state index contributed by atoms with van der Waals surface area (Å²) in [4.78, 5) is 0. The average Bonchev–Trinajstić information content (AvgIpc) is 2.96. The Labute approximate surface area is 157 Å². The third kappa shape index (κ3) is 4.43. The number of hydrogen-bond donors (Lipinski definition) is 1. The van der Waals surface area contributed by atoms with Gasteiger partial charge in [0.15, 0.2) is 5.03 Å². The van der Waals surface area contributed by atoms with Gasteiger partial charge in [0.2, 0.25) is 0 Å². The summed E-state index contributed by atoms with van der Waals surface area (Å²) in [7, 11) is -3.85. The molecule has 0 aliphatic rings. The molecule has 8 heteroatoms. The molecule has 0 saturated heterocycles. The summed E-state index contributed by atoms with van der Waals surface area (Å²) in [5, 5.41) is 9.62. The molecule has 1 aromatic heterocycles. The zero-order chi connectivity index (χ0) is 18.7. The molecule has 0 amide bonds. The number of rotatable bonds is 6. The van der Waals surface area contributed by atoms with Crippen molar-refractivity contribution in [3.63, 3.8) is 0 Å². The second-order valence-corrected chi connectivity index (χ2v) is 7.80. The van der Waals surface area contributed by atoms with Crippen molar-refractivity contribution in [1.29, 1.82) is 0 Å². The fourth-order valence-corrected chi connectivity index (χ4v) is 3.23. The molecule has 0 atom stereocenters. The van der Waals surface area contributed by atoms with Crippen molar-refractivity contribution < 1.29 is 13.2 Å². The van der Waals surface area contributed by atoms with Crippen LogP contribution in [-0.4, -0.2) is 18.2 Å². The molecule has 2 aromatic carbocycles. The van der Waals surface area contributed by atoms with Gasteiger partial charge in [-0.25, -0.2) is 13.6 Å². The van der Waals surface area contributed by atoms with Crippen LogP contribution in [0.2, 0.25) is 5.02 Å². The van der Waals surface area contributed by atoms with Crippen LogP contribution < -0.4 is 9.88 Å². The molecule has 2 N–H and O–H groups in total. The van der Waals surface area contributed by atoms with E-state index < -0.39 is 10.0 Å². The Kier molecular flexibility index (Phi) is 5.31. The molecular weight excluding hydrogens is 374 g/mol. The van der Waals surface area contributed by atoms with Crippen LogP contribution in [0, 0.1) is 6.92 Å². The number of aromatic nitrogens is 2. The van der Waals surface area contributed by atoms with Gasteiger partial charge >= 0.3 is 0 Å². The highest BCUT2D eigenvalue weighted by molar-refractivity contribution is 7.89. The Morgan fingerprint density at radius 3 is 2.54 bits per heavy atom. The Bertz CT molecular complexity index is 1020. The molecule has 0 fully saturated rings. The number of hydrogen-bond acceptors (Lipinski definition) is 4. The van der Waals surface area contributed by atoms with Gasteiger partial charge < -0.3 is 4.74 Å². The molecule has 0 aliphatic heterocycles. The molecule has 0 bridgehead atoms. The molecule has 3 rings (SSSR count). The quantitative estimate of drug-likeness (QED) is 0.699. The zero-order valence-corrected chi connectivity index (χ0v) is 15.7. The van der Waals surface area contributed by atoms with Gasteiger partial charge in [0.1, 0.15) is 12.4 Å². The number of halogens is 1. The monoisotopic (exact) mass is 391 g/mol. The number of primary sulfonamides is 1. The van der Waals surface area contributed by atoms with Gasteiger partial charge in [-0.2, -0.15) is 5.10 Å². The molecule has 136 valence electrons. The van der Waals surface area contributed by atoms with E-state index in [1.165, 1.54) is 6.07 Å². The number of nitrogens with zero attached hydrogens (tertiary/aromatic N) is 2. The van der Waals surface area contributed by atoms with E-state index >= 15 is 0 Å². The van der Waals surface area contributed by atoms with E-state index in [2.05, 4.69) is 5.10 Å². The summed E-state index contributed by atoms with van der Waals surface area (Å²) in [5.74, 6) is 0.658. The van der Waals surface area contributed by atoms with Crippen LogP contribution in [0.4, 0.5) is 0 Å². The van der Waals surface area contributed by atoms with Crippen LogP contribution in [0.1, 0.15) is 16.8 Å². The summed E-state index contributed by atoms with van der Waals surface area (Å²) < 4.78 is 30.5. The van der Waals surface area contributed by atoms with E-state index in [9.17, 15) is 8.42 Å². The van der Waals surface area contributed by atoms with Crippen LogP contribution in [0.15, 0.2) is 59.6 Å². The lowest BCUT2D eigenvalue weighted by Gasteiger charge is -2.13. The topological polar surface area (TPSA) is 87.2 Å². The van der Waals surface area contributed by atoms with Crippen molar-refractivity contribution in [3.8, 4) is 5.75 Å². The molecular formula is C18H18ClN3O3S. The molecule has 0 spiro atoms. The lowest BCUT2D eigenvalue weighted by Crippen LogP contribution is -2.14. The average molecular weight is 392 g/mol. The van der Waals surface area contributed by atoms with Crippen molar-refractivity contribution >= 4 is 21.6 Å². The number of aryl methyl sites for hydroxylation is 1. The smallest absolute Gasteiger partial charge is 0.257 e. The third-order valence-electron chi connectivity index (χ3n) is 3.83. The van der Waals surface area contributed by atoms with E-state index in [1.54, 1.807) is 29.8 Å². The van der Waals surface area contributed by atoms with E-state index in [4.69, 9.17) is 21.5 Å². The standard InChI is InChI=1S/C18H18ClN3O3S/c1-13-9-18(26(20,23)24)21-22(13)11-15-10-16(19)7-8-17(15)25-12-14-5-3-2-4-6-14/h2-10H,11-12H2,1H3,(H2,20,23,24). The highest BCUT2D eigenvalue weighted by Gasteiger charge is 2.16. The highest BCUT2D eigenvalue weighted by Crippen LogP contribution is 2.25. The summed E-state index contributed by atoms with van der Waals surface area (Å²) in [6.45, 7) is 2.48. The SMILES string of the molecule is Cc1cc(S(N)(=O)=O)nn1Cc1cc(Cl)ccc1OCc1ccccc1. The van der Waals surface area contributed by atoms with E-state index in [0.717, 1.165) is 11.1 Å². The summed E-state index contributed by atoms with van der Waals surface area (Å²) >= 11 is 6.12. The molecule has 26 heavy (non-hydrogen) atoms. The molecule has 3 aromatic rings. The first-order valence-electron chi connectivity index (χ1n) is 7.85. The minimum Gasteiger partial charge on any atom is -0.489 e. The third-order valence-corrected chi connectivity index (χ3v) is 4.85. The summed E-state index contributed by atoms with van der Waals surface area (Å²) in [5.41, 5.74) is 2.50. The maximum Gasteiger partial charge on any atom is 0.257 e. The van der Waals surface area contributed by atoms with Crippen LogP contribution >= 0.6 is 11.6 Å². The summed E-state index contributed by atoms with van der Waals surface area (Å²) in [6.07, 6.45) is 0. The number of ether oxygens (including phenoxy) is 1. The highest BCUT2D eigenvalue weighted by atomic mass is 35.5. The lowest BCUT2D eigenvalue weighted by atomic mass is 10.2. The van der Waals surface area contributed by atoms with Crippen molar-refractivity contribution in [3.05, 3.63) is 76.4 Å². The Hall–Kier alpha value is -2.35. The van der Waals surface area contributed by atoms with E-state index in [0.29, 0.717) is 29.6 Å². The molecule has 1 heterocycles. The zero-order valence-electron chi connectivity index (χ0n) is 14.1. The molecule has 0 saturated carbocycles. The molecule has 0 radical (unpaired) electrons. The first-order valence-corrected chi connectivity index (χ1v) is 9.78. The minimum absolute atomic E-state index is 0.163. The Morgan fingerprint density at radius 2 is 1.88 bits per heavy atom. The first-order chi connectivity index (χ1) is 12.3. The van der Waals surface area contributed by atoms with E-state index in [-0.39, 0.29) is 5.03 Å². The van der Waals surface area contributed by atoms with Gasteiger partial charge in [-0.05, 0) is 36.8 Å². The maximum absolute atomic E-state index is 11.5. The molecule has 0 aliphatic carbocycles. The van der Waals surface area contributed by atoms with Gasteiger partial charge in [-0.15, -0.1) is 0 Å². The van der Waals surface area contributed by atoms with Gasteiger partial charge in [0.25, 0.3) is 10.0 Å². The minimum atomic E-state index is -3.85. The van der Waals surface area contributed by atoms with Crippen LogP contribution in [0.3, 0.4) is 0 Å². The largest absolute Gasteiger partial charge is 0.489 e. The molecule has 6 nitrogen and oxygen atoms in total. The number of sulfonamides is 1. The lowest BCUT2D eigenvalue weighted by molar-refractivity contribution is 0.302. The van der Waals surface area contributed by atoms with Gasteiger partial charge in [-0.3, -0.25) is 4.68 Å². The van der Waals surface area contributed by atoms with Crippen LogP contribution in [0.25, 0.3) is 0 Å². The summed E-state index contributed by atoms with van der Waals surface area (Å²) in [6, 6.07) is 16.5. The van der Waals surface area contributed by atoms with Crippen molar-refractivity contribution in [1.82, 2.24) is 9.78 Å². The maximum atomic E-state index is 11.5. The van der Waals surface area contributed by atoms with Crippen LogP contribution in [-0.2, 0) is 23.2 Å². The number of benzene rings is 2. The number of nitrogens with two attached hydrogens (primary N) is 1. The fraction of sp³-hybridized carbons (Fsp3) is 0.167. The Balaban J connectivity index is 1.85. The predicted octanol–water partition coefficient (Wildman–Crippen LogP) is 3.12. The van der Waals surface area contributed by atoms with Crippen molar-refractivity contribution in [2.45, 2.75) is 25.1 Å². The predicted molar refractivity (Wildman–Crippen MR) is 99.7 cm³/mol. The second kappa shape index (κ2) is 7.49. The second-order valence-electron chi connectivity index (χ2n) is 5.85. The van der Waals surface area contributed by atoms with Crippen LogP contribution in [0.5, 0.6) is 5.75 Å². The van der Waals surface area contributed by atoms with Crippen molar-refractivity contribution in [2.24, 2.45) is 5.14 Å². The normalized spacial score (nSPS) is 11.5. The fourth-order valence-electron chi connectivity index (χ4n) is 2.49. The van der Waals surface area contributed by atoms with Gasteiger partial charge in [0, 0.05) is 16.3 Å². The van der Waals surface area contributed by atoms with Crippen molar-refractivity contribution in [2.75, 3.05) is 0 Å².